The third-order valence-corrected chi connectivity index (χ3v) is 4.42. The molecule has 1 saturated heterocycles. The fourth-order valence-corrected chi connectivity index (χ4v) is 2.89. The topological polar surface area (TPSA) is 75.4 Å². The molecule has 1 aromatic carbocycles. The fraction of sp³-hybridized carbons (Fsp3) is 0.467. The Hall–Kier alpha value is -1.30. The average Bonchev–Trinajstić information content (AvgIpc) is 2.44. The molecule has 7 heteroatoms. The molecular formula is C15H19Cl2N3O2. The summed E-state index contributed by atoms with van der Waals surface area (Å²) in [7, 11) is 0. The molecule has 2 rings (SSSR count). The van der Waals surface area contributed by atoms with Gasteiger partial charge in [0.05, 0.1) is 23.0 Å². The lowest BCUT2D eigenvalue weighted by Crippen LogP contribution is -2.47. The van der Waals surface area contributed by atoms with Gasteiger partial charge in [-0.25, -0.2) is 0 Å². The Kier molecular flexibility index (Phi) is 6.06. The number of nitrogens with one attached hydrogen (secondary N) is 1. The van der Waals surface area contributed by atoms with Crippen LogP contribution in [0, 0.1) is 0 Å². The number of amides is 2. The molecule has 120 valence electrons. The minimum Gasteiger partial charge on any atom is -0.369 e. The number of primary amides is 1. The number of halogens is 2. The van der Waals surface area contributed by atoms with E-state index in [1.165, 1.54) is 0 Å². The first kappa shape index (κ1) is 17.1. The van der Waals surface area contributed by atoms with E-state index in [9.17, 15) is 9.59 Å². The number of benzene rings is 1. The molecule has 1 heterocycles. The molecule has 0 aromatic heterocycles. The second-order valence-electron chi connectivity index (χ2n) is 5.51. The van der Waals surface area contributed by atoms with Crippen molar-refractivity contribution in [3.05, 3.63) is 33.8 Å². The molecule has 22 heavy (non-hydrogen) atoms. The van der Waals surface area contributed by atoms with E-state index in [2.05, 4.69) is 5.32 Å². The molecular weight excluding hydrogens is 325 g/mol. The summed E-state index contributed by atoms with van der Waals surface area (Å²) >= 11 is 11.8. The van der Waals surface area contributed by atoms with E-state index in [-0.39, 0.29) is 30.8 Å². The van der Waals surface area contributed by atoms with Gasteiger partial charge in [-0.05, 0) is 30.5 Å². The van der Waals surface area contributed by atoms with Gasteiger partial charge in [0.15, 0.2) is 0 Å². The minimum absolute atomic E-state index is 0.0354. The fourth-order valence-electron chi connectivity index (χ4n) is 2.57. The highest BCUT2D eigenvalue weighted by Crippen LogP contribution is 2.22. The largest absolute Gasteiger partial charge is 0.369 e. The van der Waals surface area contributed by atoms with E-state index in [0.29, 0.717) is 10.0 Å². The maximum Gasteiger partial charge on any atom is 0.231 e. The number of carbonyl (C=O) groups is 2. The molecule has 0 saturated carbocycles. The van der Waals surface area contributed by atoms with Crippen molar-refractivity contribution in [3.8, 4) is 0 Å². The average molecular weight is 344 g/mol. The Morgan fingerprint density at radius 1 is 1.23 bits per heavy atom. The first-order valence-electron chi connectivity index (χ1n) is 7.18. The van der Waals surface area contributed by atoms with Gasteiger partial charge in [-0.3, -0.25) is 14.5 Å². The predicted octanol–water partition coefficient (Wildman–Crippen LogP) is 1.60. The monoisotopic (exact) mass is 343 g/mol. The second kappa shape index (κ2) is 7.81. The zero-order valence-electron chi connectivity index (χ0n) is 12.1. The van der Waals surface area contributed by atoms with Crippen LogP contribution in [0.15, 0.2) is 18.2 Å². The highest BCUT2D eigenvalue weighted by atomic mass is 35.5. The van der Waals surface area contributed by atoms with Gasteiger partial charge in [0.25, 0.3) is 0 Å². The van der Waals surface area contributed by atoms with E-state index in [0.717, 1.165) is 31.5 Å². The van der Waals surface area contributed by atoms with Crippen molar-refractivity contribution < 1.29 is 9.59 Å². The molecule has 0 atom stereocenters. The molecule has 1 aliphatic rings. The Bertz CT molecular complexity index is 558. The summed E-state index contributed by atoms with van der Waals surface area (Å²) in [5, 5.41) is 3.95. The quantitative estimate of drug-likeness (QED) is 0.852. The summed E-state index contributed by atoms with van der Waals surface area (Å²) in [4.78, 5) is 24.9. The number of hydrogen-bond donors (Lipinski definition) is 2. The zero-order valence-corrected chi connectivity index (χ0v) is 13.7. The number of rotatable bonds is 5. The van der Waals surface area contributed by atoms with Crippen LogP contribution in [0.25, 0.3) is 0 Å². The molecule has 0 aliphatic carbocycles. The Morgan fingerprint density at radius 3 is 2.50 bits per heavy atom. The van der Waals surface area contributed by atoms with Gasteiger partial charge in [-0.1, -0.05) is 29.3 Å². The number of nitrogens with zero attached hydrogens (tertiary/aromatic N) is 1. The molecule has 1 fully saturated rings. The van der Waals surface area contributed by atoms with Crippen LogP contribution in [0.5, 0.6) is 0 Å². The number of likely N-dealkylation sites (tertiary alicyclic amines) is 1. The Balaban J connectivity index is 1.78. The van der Waals surface area contributed by atoms with Gasteiger partial charge in [0.1, 0.15) is 0 Å². The molecule has 0 spiro atoms. The van der Waals surface area contributed by atoms with Crippen molar-refractivity contribution in [2.45, 2.75) is 25.3 Å². The first-order chi connectivity index (χ1) is 10.4. The van der Waals surface area contributed by atoms with Gasteiger partial charge in [-0.15, -0.1) is 0 Å². The SMILES string of the molecule is NC(=O)CN1CCC(NC(=O)Cc2ccc(Cl)c(Cl)c2)CC1. The first-order valence-corrected chi connectivity index (χ1v) is 7.93. The van der Waals surface area contributed by atoms with E-state index >= 15 is 0 Å². The van der Waals surface area contributed by atoms with Crippen LogP contribution in [0.1, 0.15) is 18.4 Å². The normalized spacial score (nSPS) is 16.5. The van der Waals surface area contributed by atoms with Crippen LogP contribution in [0.4, 0.5) is 0 Å². The summed E-state index contributed by atoms with van der Waals surface area (Å²) in [5.41, 5.74) is 6.01. The summed E-state index contributed by atoms with van der Waals surface area (Å²) < 4.78 is 0. The van der Waals surface area contributed by atoms with Crippen molar-refractivity contribution in [1.82, 2.24) is 10.2 Å². The third kappa shape index (κ3) is 5.16. The molecule has 5 nitrogen and oxygen atoms in total. The van der Waals surface area contributed by atoms with E-state index in [4.69, 9.17) is 28.9 Å². The summed E-state index contributed by atoms with van der Waals surface area (Å²) in [6, 6.07) is 5.33. The molecule has 3 N–H and O–H groups in total. The lowest BCUT2D eigenvalue weighted by molar-refractivity contribution is -0.122. The maximum absolute atomic E-state index is 12.1. The molecule has 2 amide bonds. The lowest BCUT2D eigenvalue weighted by atomic mass is 10.0. The van der Waals surface area contributed by atoms with E-state index in [1.54, 1.807) is 18.2 Å². The number of hydrogen-bond acceptors (Lipinski definition) is 3. The predicted molar refractivity (Wildman–Crippen MR) is 87.0 cm³/mol. The molecule has 1 aliphatic heterocycles. The van der Waals surface area contributed by atoms with Gasteiger partial charge in [0, 0.05) is 19.1 Å². The van der Waals surface area contributed by atoms with Crippen molar-refractivity contribution >= 4 is 35.0 Å². The van der Waals surface area contributed by atoms with E-state index < -0.39 is 0 Å². The number of carbonyl (C=O) groups excluding carboxylic acids is 2. The molecule has 1 aromatic rings. The maximum atomic E-state index is 12.1. The molecule has 0 radical (unpaired) electrons. The smallest absolute Gasteiger partial charge is 0.231 e. The zero-order chi connectivity index (χ0) is 16.1. The van der Waals surface area contributed by atoms with Gasteiger partial charge in [0.2, 0.25) is 11.8 Å². The van der Waals surface area contributed by atoms with Crippen molar-refractivity contribution in [1.29, 1.82) is 0 Å². The van der Waals surface area contributed by atoms with E-state index in [1.807, 2.05) is 4.90 Å². The second-order valence-corrected chi connectivity index (χ2v) is 6.32. The van der Waals surface area contributed by atoms with Crippen LogP contribution in [0.3, 0.4) is 0 Å². The summed E-state index contributed by atoms with van der Waals surface area (Å²) in [5.74, 6) is -0.353. The summed E-state index contributed by atoms with van der Waals surface area (Å²) in [6.07, 6.45) is 1.92. The van der Waals surface area contributed by atoms with Crippen LogP contribution in [-0.2, 0) is 16.0 Å². The highest BCUT2D eigenvalue weighted by Gasteiger charge is 2.21. The van der Waals surface area contributed by atoms with Crippen molar-refractivity contribution in [2.75, 3.05) is 19.6 Å². The molecule has 0 unspecified atom stereocenters. The Morgan fingerprint density at radius 2 is 1.91 bits per heavy atom. The highest BCUT2D eigenvalue weighted by molar-refractivity contribution is 6.42. The minimum atomic E-state index is -0.317. The Labute approximate surface area is 139 Å². The van der Waals surface area contributed by atoms with Crippen LogP contribution in [-0.4, -0.2) is 42.4 Å². The van der Waals surface area contributed by atoms with Crippen LogP contribution in [0.2, 0.25) is 10.0 Å². The standard InChI is InChI=1S/C15H19Cl2N3O2/c16-12-2-1-10(7-13(12)17)8-15(22)19-11-3-5-20(6-4-11)9-14(18)21/h1-2,7,11H,3-6,8-9H2,(H2,18,21)(H,19,22). The molecule has 0 bridgehead atoms. The van der Waals surface area contributed by atoms with Crippen LogP contribution >= 0.6 is 23.2 Å². The van der Waals surface area contributed by atoms with Gasteiger partial charge in [-0.2, -0.15) is 0 Å². The number of piperidine rings is 1. The van der Waals surface area contributed by atoms with Crippen molar-refractivity contribution in [3.63, 3.8) is 0 Å². The van der Waals surface area contributed by atoms with Crippen molar-refractivity contribution in [2.24, 2.45) is 5.73 Å². The summed E-state index contributed by atoms with van der Waals surface area (Å²) in [6.45, 7) is 1.81. The van der Waals surface area contributed by atoms with Gasteiger partial charge >= 0.3 is 0 Å². The van der Waals surface area contributed by atoms with Gasteiger partial charge < -0.3 is 11.1 Å². The lowest BCUT2D eigenvalue weighted by Gasteiger charge is -2.31. The number of nitrogens with two attached hydrogens (primary N) is 1. The third-order valence-electron chi connectivity index (χ3n) is 3.68. The van der Waals surface area contributed by atoms with Crippen LogP contribution < -0.4 is 11.1 Å².